The second-order valence-corrected chi connectivity index (χ2v) is 9.62. The van der Waals surface area contributed by atoms with E-state index < -0.39 is 0 Å². The van der Waals surface area contributed by atoms with Crippen LogP contribution in [0.15, 0.2) is 59.1 Å². The third kappa shape index (κ3) is 6.14. The molecule has 36 heavy (non-hydrogen) atoms. The predicted octanol–water partition coefficient (Wildman–Crippen LogP) is 4.83. The first kappa shape index (κ1) is 25.5. The van der Waals surface area contributed by atoms with E-state index in [9.17, 15) is 9.59 Å². The number of aliphatic imine (C=N–C) groups is 1. The molecule has 2 aromatic rings. The SMILES string of the molecule is CCCN(CCC)C(=O)C1=Cc2ccc(C(=O)N3CCC[C@H](Nc4ccccc4)C3)cc2N=C(N)C1. The van der Waals surface area contributed by atoms with Gasteiger partial charge < -0.3 is 20.9 Å². The van der Waals surface area contributed by atoms with E-state index in [1.807, 2.05) is 58.3 Å². The number of anilines is 1. The molecule has 1 saturated heterocycles. The van der Waals surface area contributed by atoms with E-state index in [-0.39, 0.29) is 17.9 Å². The van der Waals surface area contributed by atoms with E-state index in [4.69, 9.17) is 5.73 Å². The molecule has 1 fully saturated rings. The number of hydrogen-bond acceptors (Lipinski definition) is 5. The summed E-state index contributed by atoms with van der Waals surface area (Å²) < 4.78 is 0. The number of amidine groups is 1. The third-order valence-corrected chi connectivity index (χ3v) is 6.64. The number of piperidine rings is 1. The van der Waals surface area contributed by atoms with Crippen LogP contribution in [0.1, 0.15) is 61.9 Å². The number of benzene rings is 2. The van der Waals surface area contributed by atoms with Crippen molar-refractivity contribution in [3.8, 4) is 0 Å². The van der Waals surface area contributed by atoms with Crippen LogP contribution in [0.3, 0.4) is 0 Å². The van der Waals surface area contributed by atoms with Gasteiger partial charge in [0.25, 0.3) is 5.91 Å². The molecule has 1 atom stereocenters. The van der Waals surface area contributed by atoms with E-state index in [2.05, 4.69) is 24.2 Å². The fourth-order valence-electron chi connectivity index (χ4n) is 4.95. The van der Waals surface area contributed by atoms with Crippen molar-refractivity contribution >= 4 is 35.1 Å². The minimum Gasteiger partial charge on any atom is -0.387 e. The molecule has 4 rings (SSSR count). The van der Waals surface area contributed by atoms with Gasteiger partial charge >= 0.3 is 0 Å². The Morgan fingerprint density at radius 2 is 1.86 bits per heavy atom. The first-order valence-corrected chi connectivity index (χ1v) is 13.1. The summed E-state index contributed by atoms with van der Waals surface area (Å²) in [6.07, 6.45) is 5.98. The second-order valence-electron chi connectivity index (χ2n) is 9.62. The Labute approximate surface area is 214 Å². The van der Waals surface area contributed by atoms with Crippen molar-refractivity contribution in [1.82, 2.24) is 9.80 Å². The predicted molar refractivity (Wildman–Crippen MR) is 146 cm³/mol. The average molecular weight is 488 g/mol. The molecule has 7 nitrogen and oxygen atoms in total. The maximum Gasteiger partial charge on any atom is 0.254 e. The number of nitrogens with two attached hydrogens (primary N) is 1. The number of amides is 2. The Kier molecular flexibility index (Phi) is 8.41. The number of nitrogens with one attached hydrogen (secondary N) is 1. The molecule has 0 radical (unpaired) electrons. The molecule has 2 amide bonds. The number of hydrogen-bond donors (Lipinski definition) is 2. The number of likely N-dealkylation sites (tertiary alicyclic amines) is 1. The van der Waals surface area contributed by atoms with Crippen LogP contribution in [0.2, 0.25) is 0 Å². The fraction of sp³-hybridized carbons (Fsp3) is 0.414. The van der Waals surface area contributed by atoms with Gasteiger partial charge in [-0.15, -0.1) is 0 Å². The minimum atomic E-state index is -0.00673. The Hall–Kier alpha value is -3.61. The summed E-state index contributed by atoms with van der Waals surface area (Å²) in [7, 11) is 0. The van der Waals surface area contributed by atoms with Crippen molar-refractivity contribution in [2.24, 2.45) is 10.7 Å². The van der Waals surface area contributed by atoms with Crippen LogP contribution < -0.4 is 11.1 Å². The number of fused-ring (bicyclic) bond motifs is 1. The molecule has 2 aliphatic rings. The van der Waals surface area contributed by atoms with Gasteiger partial charge in [-0.2, -0.15) is 0 Å². The van der Waals surface area contributed by atoms with Gasteiger partial charge in [0, 0.05) is 61.0 Å². The number of rotatable bonds is 8. The average Bonchev–Trinajstić information content (AvgIpc) is 3.06. The van der Waals surface area contributed by atoms with Crippen LogP contribution in [0.5, 0.6) is 0 Å². The topological polar surface area (TPSA) is 91.0 Å². The Bertz CT molecular complexity index is 1140. The van der Waals surface area contributed by atoms with Gasteiger partial charge in [0.1, 0.15) is 5.84 Å². The summed E-state index contributed by atoms with van der Waals surface area (Å²) in [4.78, 5) is 35.0. The van der Waals surface area contributed by atoms with Crippen LogP contribution in [-0.2, 0) is 4.79 Å². The maximum atomic E-state index is 13.4. The van der Waals surface area contributed by atoms with Crippen molar-refractivity contribution in [1.29, 1.82) is 0 Å². The van der Waals surface area contributed by atoms with E-state index in [0.29, 0.717) is 35.6 Å². The van der Waals surface area contributed by atoms with Crippen LogP contribution >= 0.6 is 0 Å². The summed E-state index contributed by atoms with van der Waals surface area (Å²) in [6, 6.07) is 15.8. The molecule has 190 valence electrons. The Balaban J connectivity index is 1.51. The zero-order valence-corrected chi connectivity index (χ0v) is 21.4. The summed E-state index contributed by atoms with van der Waals surface area (Å²) in [5, 5.41) is 3.55. The standard InChI is InChI=1S/C29H37N5O2/c1-3-14-33(15-4-2)29(36)23-17-21-12-13-22(18-26(21)32-27(30)19-23)28(35)34-16-8-11-25(20-34)31-24-9-6-5-7-10-24/h5-7,9-10,12-13,17-18,25,31H,3-4,8,11,14-16,19-20H2,1-2H3,(H2,30,32)/t25-/m0/s1. The maximum absolute atomic E-state index is 13.4. The first-order chi connectivity index (χ1) is 17.5. The van der Waals surface area contributed by atoms with E-state index in [0.717, 1.165) is 56.6 Å². The van der Waals surface area contributed by atoms with Crippen LogP contribution in [0, 0.1) is 0 Å². The third-order valence-electron chi connectivity index (χ3n) is 6.64. The molecular formula is C29H37N5O2. The van der Waals surface area contributed by atoms with Gasteiger partial charge in [0.05, 0.1) is 5.69 Å². The molecule has 0 spiro atoms. The van der Waals surface area contributed by atoms with Crippen LogP contribution in [-0.4, -0.2) is 59.7 Å². The van der Waals surface area contributed by atoms with Crippen molar-refractivity contribution in [2.45, 2.75) is 52.0 Å². The van der Waals surface area contributed by atoms with Crippen molar-refractivity contribution < 1.29 is 9.59 Å². The molecule has 0 aliphatic carbocycles. The summed E-state index contributed by atoms with van der Waals surface area (Å²) in [6.45, 7) is 6.97. The lowest BCUT2D eigenvalue weighted by atomic mass is 10.0. The molecule has 0 saturated carbocycles. The highest BCUT2D eigenvalue weighted by molar-refractivity contribution is 6.06. The number of carbonyl (C=O) groups is 2. The lowest BCUT2D eigenvalue weighted by Gasteiger charge is -2.34. The van der Waals surface area contributed by atoms with Crippen LogP contribution in [0.25, 0.3) is 6.08 Å². The molecule has 0 unspecified atom stereocenters. The molecule has 2 aliphatic heterocycles. The highest BCUT2D eigenvalue weighted by Gasteiger charge is 2.26. The Morgan fingerprint density at radius 3 is 2.58 bits per heavy atom. The van der Waals surface area contributed by atoms with Crippen molar-refractivity contribution in [3.63, 3.8) is 0 Å². The van der Waals surface area contributed by atoms with Crippen LogP contribution in [0.4, 0.5) is 11.4 Å². The number of nitrogens with zero attached hydrogens (tertiary/aromatic N) is 3. The Morgan fingerprint density at radius 1 is 1.11 bits per heavy atom. The first-order valence-electron chi connectivity index (χ1n) is 13.1. The molecule has 3 N–H and O–H groups in total. The van der Waals surface area contributed by atoms with Gasteiger partial charge in [-0.1, -0.05) is 38.1 Å². The molecule has 2 aromatic carbocycles. The van der Waals surface area contributed by atoms with Crippen molar-refractivity contribution in [2.75, 3.05) is 31.5 Å². The largest absolute Gasteiger partial charge is 0.387 e. The normalized spacial score (nSPS) is 17.4. The molecular weight excluding hydrogens is 450 g/mol. The number of para-hydroxylation sites is 1. The van der Waals surface area contributed by atoms with Gasteiger partial charge in [-0.3, -0.25) is 9.59 Å². The molecule has 2 heterocycles. The summed E-state index contributed by atoms with van der Waals surface area (Å²) in [5.41, 5.74) is 9.97. The quantitative estimate of drug-likeness (QED) is 0.558. The fourth-order valence-corrected chi connectivity index (χ4v) is 4.95. The van der Waals surface area contributed by atoms with Crippen molar-refractivity contribution in [3.05, 3.63) is 65.2 Å². The highest BCUT2D eigenvalue weighted by Crippen LogP contribution is 2.29. The van der Waals surface area contributed by atoms with E-state index in [1.165, 1.54) is 0 Å². The van der Waals surface area contributed by atoms with Gasteiger partial charge in [0.2, 0.25) is 5.91 Å². The lowest BCUT2D eigenvalue weighted by molar-refractivity contribution is -0.127. The zero-order valence-electron chi connectivity index (χ0n) is 21.4. The number of carbonyl (C=O) groups excluding carboxylic acids is 2. The lowest BCUT2D eigenvalue weighted by Crippen LogP contribution is -2.45. The van der Waals surface area contributed by atoms with E-state index in [1.54, 1.807) is 6.07 Å². The van der Waals surface area contributed by atoms with Gasteiger partial charge in [-0.25, -0.2) is 4.99 Å². The molecule has 7 heteroatoms. The zero-order chi connectivity index (χ0) is 25.5. The molecule has 0 aromatic heterocycles. The minimum absolute atomic E-state index is 0.00673. The van der Waals surface area contributed by atoms with E-state index >= 15 is 0 Å². The highest BCUT2D eigenvalue weighted by atomic mass is 16.2. The molecule has 0 bridgehead atoms. The summed E-state index contributed by atoms with van der Waals surface area (Å²) >= 11 is 0. The monoisotopic (exact) mass is 487 g/mol. The smallest absolute Gasteiger partial charge is 0.254 e. The van der Waals surface area contributed by atoms with Gasteiger partial charge in [-0.05, 0) is 56.0 Å². The second kappa shape index (κ2) is 11.9. The van der Waals surface area contributed by atoms with Gasteiger partial charge in [0.15, 0.2) is 0 Å². The summed E-state index contributed by atoms with van der Waals surface area (Å²) in [5.74, 6) is 0.388.